The number of carbonyl (C=O) groups is 1. The second-order valence-corrected chi connectivity index (χ2v) is 5.68. The second kappa shape index (κ2) is 5.05. The molecule has 2 heterocycles. The number of halogens is 1. The van der Waals surface area contributed by atoms with Crippen LogP contribution in [-0.4, -0.2) is 36.2 Å². The molecule has 1 aromatic rings. The van der Waals surface area contributed by atoms with Gasteiger partial charge in [-0.15, -0.1) is 0 Å². The predicted octanol–water partition coefficient (Wildman–Crippen LogP) is 2.92. The van der Waals surface area contributed by atoms with Crippen molar-refractivity contribution in [3.63, 3.8) is 0 Å². The van der Waals surface area contributed by atoms with Gasteiger partial charge in [-0.1, -0.05) is 6.07 Å². The SMILES string of the molecule is Cc1ccc(NC(=O)N2CCC3(CCO3)CC2)c(F)c1. The molecule has 20 heavy (non-hydrogen) atoms. The Bertz CT molecular complexity index is 519. The van der Waals surface area contributed by atoms with Crippen LogP contribution in [0.25, 0.3) is 0 Å². The second-order valence-electron chi connectivity index (χ2n) is 5.68. The average molecular weight is 278 g/mol. The largest absolute Gasteiger partial charge is 0.375 e. The van der Waals surface area contributed by atoms with Crippen molar-refractivity contribution in [1.82, 2.24) is 4.90 Å². The van der Waals surface area contributed by atoms with Gasteiger partial charge in [0.15, 0.2) is 0 Å². The molecule has 0 aliphatic carbocycles. The van der Waals surface area contributed by atoms with Crippen LogP contribution < -0.4 is 5.32 Å². The first-order valence-electron chi connectivity index (χ1n) is 7.04. The van der Waals surface area contributed by atoms with Crippen molar-refractivity contribution in [3.8, 4) is 0 Å². The third kappa shape index (κ3) is 2.50. The van der Waals surface area contributed by atoms with E-state index in [9.17, 15) is 9.18 Å². The quantitative estimate of drug-likeness (QED) is 0.858. The Morgan fingerprint density at radius 2 is 2.05 bits per heavy atom. The molecule has 108 valence electrons. The molecule has 0 radical (unpaired) electrons. The highest BCUT2D eigenvalue weighted by molar-refractivity contribution is 5.89. The van der Waals surface area contributed by atoms with Crippen molar-refractivity contribution in [1.29, 1.82) is 0 Å². The number of nitrogens with one attached hydrogen (secondary N) is 1. The van der Waals surface area contributed by atoms with Crippen LogP contribution >= 0.6 is 0 Å². The lowest BCUT2D eigenvalue weighted by Gasteiger charge is -2.47. The lowest BCUT2D eigenvalue weighted by Crippen LogP contribution is -2.54. The van der Waals surface area contributed by atoms with Crippen molar-refractivity contribution in [2.24, 2.45) is 0 Å². The maximum Gasteiger partial charge on any atom is 0.321 e. The smallest absolute Gasteiger partial charge is 0.321 e. The molecule has 1 aromatic carbocycles. The fraction of sp³-hybridized carbons (Fsp3) is 0.533. The molecule has 2 aliphatic heterocycles. The molecule has 3 rings (SSSR count). The summed E-state index contributed by atoms with van der Waals surface area (Å²) in [5.74, 6) is -0.394. The van der Waals surface area contributed by atoms with Crippen LogP contribution in [0.4, 0.5) is 14.9 Å². The van der Waals surface area contributed by atoms with Crippen LogP contribution in [0.3, 0.4) is 0 Å². The first-order valence-corrected chi connectivity index (χ1v) is 7.04. The van der Waals surface area contributed by atoms with Crippen molar-refractivity contribution >= 4 is 11.7 Å². The monoisotopic (exact) mass is 278 g/mol. The molecular formula is C15H19FN2O2. The number of hydrogen-bond donors (Lipinski definition) is 1. The van der Waals surface area contributed by atoms with Crippen molar-refractivity contribution in [2.45, 2.75) is 31.8 Å². The molecule has 1 N–H and O–H groups in total. The Balaban J connectivity index is 1.59. The van der Waals surface area contributed by atoms with E-state index >= 15 is 0 Å². The summed E-state index contributed by atoms with van der Waals surface area (Å²) >= 11 is 0. The number of amides is 2. The molecule has 0 aromatic heterocycles. The number of carbonyl (C=O) groups excluding carboxylic acids is 1. The number of anilines is 1. The lowest BCUT2D eigenvalue weighted by atomic mass is 9.84. The van der Waals surface area contributed by atoms with Gasteiger partial charge in [0.25, 0.3) is 0 Å². The van der Waals surface area contributed by atoms with E-state index in [4.69, 9.17) is 4.74 Å². The number of rotatable bonds is 1. The highest BCUT2D eigenvalue weighted by atomic mass is 19.1. The predicted molar refractivity (Wildman–Crippen MR) is 74.3 cm³/mol. The van der Waals surface area contributed by atoms with Crippen LogP contribution in [0.5, 0.6) is 0 Å². The van der Waals surface area contributed by atoms with Gasteiger partial charge in [0.05, 0.1) is 17.9 Å². The topological polar surface area (TPSA) is 41.6 Å². The standard InChI is InChI=1S/C15H19FN2O2/c1-11-2-3-13(12(16)10-11)17-14(19)18-7-4-15(5-8-18)6-9-20-15/h2-3,10H,4-9H2,1H3,(H,17,19). The number of nitrogens with zero attached hydrogens (tertiary/aromatic N) is 1. The molecule has 0 saturated carbocycles. The van der Waals surface area contributed by atoms with Crippen LogP contribution in [0.1, 0.15) is 24.8 Å². The highest BCUT2D eigenvalue weighted by Crippen LogP contribution is 2.36. The summed E-state index contributed by atoms with van der Waals surface area (Å²) < 4.78 is 19.3. The van der Waals surface area contributed by atoms with E-state index < -0.39 is 5.82 Å². The van der Waals surface area contributed by atoms with E-state index in [2.05, 4.69) is 5.32 Å². The maximum absolute atomic E-state index is 13.7. The number of likely N-dealkylation sites (tertiary alicyclic amines) is 1. The number of ether oxygens (including phenoxy) is 1. The maximum atomic E-state index is 13.7. The molecule has 0 unspecified atom stereocenters. The van der Waals surface area contributed by atoms with Gasteiger partial charge in [-0.3, -0.25) is 0 Å². The zero-order valence-electron chi connectivity index (χ0n) is 11.6. The fourth-order valence-electron chi connectivity index (χ4n) is 2.82. The third-order valence-corrected chi connectivity index (χ3v) is 4.29. The Hall–Kier alpha value is -1.62. The van der Waals surface area contributed by atoms with Gasteiger partial charge in [0, 0.05) is 13.1 Å². The molecule has 2 amide bonds. The highest BCUT2D eigenvalue weighted by Gasteiger charge is 2.41. The van der Waals surface area contributed by atoms with E-state index in [1.54, 1.807) is 17.0 Å². The fourth-order valence-corrected chi connectivity index (χ4v) is 2.82. The minimum atomic E-state index is -0.394. The number of urea groups is 1. The first kappa shape index (κ1) is 13.4. The first-order chi connectivity index (χ1) is 9.58. The third-order valence-electron chi connectivity index (χ3n) is 4.29. The van der Waals surface area contributed by atoms with Gasteiger partial charge in [-0.25, -0.2) is 9.18 Å². The van der Waals surface area contributed by atoms with Crippen molar-refractivity contribution in [2.75, 3.05) is 25.0 Å². The van der Waals surface area contributed by atoms with Gasteiger partial charge in [0.1, 0.15) is 5.82 Å². The number of hydrogen-bond acceptors (Lipinski definition) is 2. The van der Waals surface area contributed by atoms with Gasteiger partial charge >= 0.3 is 6.03 Å². The van der Waals surface area contributed by atoms with E-state index in [1.165, 1.54) is 6.07 Å². The van der Waals surface area contributed by atoms with E-state index in [-0.39, 0.29) is 17.3 Å². The zero-order chi connectivity index (χ0) is 14.2. The molecule has 0 atom stereocenters. The van der Waals surface area contributed by atoms with E-state index in [0.717, 1.165) is 31.4 Å². The Morgan fingerprint density at radius 1 is 1.35 bits per heavy atom. The molecule has 1 spiro atoms. The summed E-state index contributed by atoms with van der Waals surface area (Å²) in [7, 11) is 0. The summed E-state index contributed by atoms with van der Waals surface area (Å²) in [5, 5.41) is 2.64. The van der Waals surface area contributed by atoms with Gasteiger partial charge < -0.3 is 15.0 Å². The molecule has 4 nitrogen and oxygen atoms in total. The molecular weight excluding hydrogens is 259 g/mol. The normalized spacial score (nSPS) is 20.6. The Kier molecular flexibility index (Phi) is 3.38. The van der Waals surface area contributed by atoms with Crippen LogP contribution in [0.2, 0.25) is 0 Å². The van der Waals surface area contributed by atoms with Gasteiger partial charge in [-0.2, -0.15) is 0 Å². The summed E-state index contributed by atoms with van der Waals surface area (Å²) in [6.07, 6.45) is 2.84. The van der Waals surface area contributed by atoms with Crippen molar-refractivity contribution in [3.05, 3.63) is 29.6 Å². The number of aryl methyl sites for hydroxylation is 1. The number of piperidine rings is 1. The zero-order valence-corrected chi connectivity index (χ0v) is 11.6. The van der Waals surface area contributed by atoms with Crippen LogP contribution in [0.15, 0.2) is 18.2 Å². The summed E-state index contributed by atoms with van der Waals surface area (Å²) in [6.45, 7) is 3.98. The summed E-state index contributed by atoms with van der Waals surface area (Å²) in [4.78, 5) is 13.9. The number of benzene rings is 1. The molecule has 5 heteroatoms. The minimum Gasteiger partial charge on any atom is -0.375 e. The molecule has 2 aliphatic rings. The minimum absolute atomic E-state index is 0.0197. The Labute approximate surface area is 117 Å². The van der Waals surface area contributed by atoms with Crippen molar-refractivity contribution < 1.29 is 13.9 Å². The van der Waals surface area contributed by atoms with Crippen LogP contribution in [0, 0.1) is 12.7 Å². The van der Waals surface area contributed by atoms with Gasteiger partial charge in [-0.05, 0) is 43.9 Å². The summed E-state index contributed by atoms with van der Waals surface area (Å²) in [5.41, 5.74) is 1.09. The van der Waals surface area contributed by atoms with E-state index in [0.29, 0.717) is 13.1 Å². The Morgan fingerprint density at radius 3 is 2.60 bits per heavy atom. The average Bonchev–Trinajstić information content (AvgIpc) is 2.40. The molecule has 2 saturated heterocycles. The molecule has 2 fully saturated rings. The van der Waals surface area contributed by atoms with E-state index in [1.807, 2.05) is 6.92 Å². The molecule has 0 bridgehead atoms. The van der Waals surface area contributed by atoms with Crippen LogP contribution in [-0.2, 0) is 4.74 Å². The summed E-state index contributed by atoms with van der Waals surface area (Å²) in [6, 6.07) is 4.57. The lowest BCUT2D eigenvalue weighted by molar-refractivity contribution is -0.168. The van der Waals surface area contributed by atoms with Gasteiger partial charge in [0.2, 0.25) is 0 Å².